The minimum absolute atomic E-state index is 0.241. The summed E-state index contributed by atoms with van der Waals surface area (Å²) in [4.78, 5) is 0. The lowest BCUT2D eigenvalue weighted by Crippen LogP contribution is -2.08. The van der Waals surface area contributed by atoms with Gasteiger partial charge in [-0.05, 0) is 49.6 Å². The van der Waals surface area contributed by atoms with Gasteiger partial charge in [0, 0.05) is 6.04 Å². The van der Waals surface area contributed by atoms with Gasteiger partial charge in [0.15, 0.2) is 0 Å². The van der Waals surface area contributed by atoms with Crippen molar-refractivity contribution in [3.8, 4) is 0 Å². The molecule has 1 N–H and O–H groups in total. The third-order valence-corrected chi connectivity index (χ3v) is 3.48. The van der Waals surface area contributed by atoms with Gasteiger partial charge in [-0.3, -0.25) is 0 Å². The molecule has 0 saturated carbocycles. The van der Waals surface area contributed by atoms with Crippen molar-refractivity contribution in [2.24, 2.45) is 0 Å². The third kappa shape index (κ3) is 2.85. The Balaban J connectivity index is 2.24. The maximum Gasteiger partial charge on any atom is 0.0637 e. The topological polar surface area (TPSA) is 12.0 Å². The van der Waals surface area contributed by atoms with Crippen molar-refractivity contribution in [3.05, 3.63) is 64.2 Å². The molecule has 0 spiro atoms. The highest BCUT2D eigenvalue weighted by Gasteiger charge is 2.09. The van der Waals surface area contributed by atoms with Crippen LogP contribution in [0.4, 0.5) is 5.69 Å². The van der Waals surface area contributed by atoms with Crippen LogP contribution in [0.1, 0.15) is 29.7 Å². The van der Waals surface area contributed by atoms with Crippen molar-refractivity contribution in [2.45, 2.75) is 26.8 Å². The van der Waals surface area contributed by atoms with Crippen LogP contribution in [0.5, 0.6) is 0 Å². The zero-order chi connectivity index (χ0) is 13.1. The molecule has 2 heteroatoms. The van der Waals surface area contributed by atoms with Crippen LogP contribution in [-0.2, 0) is 0 Å². The van der Waals surface area contributed by atoms with E-state index in [0.29, 0.717) is 0 Å². The zero-order valence-electron chi connectivity index (χ0n) is 11.0. The van der Waals surface area contributed by atoms with Gasteiger partial charge in [0.05, 0.1) is 10.7 Å². The van der Waals surface area contributed by atoms with Gasteiger partial charge in [-0.1, -0.05) is 41.9 Å². The molecule has 0 fully saturated rings. The van der Waals surface area contributed by atoms with Gasteiger partial charge >= 0.3 is 0 Å². The van der Waals surface area contributed by atoms with Crippen LogP contribution in [-0.4, -0.2) is 0 Å². The zero-order valence-corrected chi connectivity index (χ0v) is 11.8. The lowest BCUT2D eigenvalue weighted by Gasteiger charge is -2.19. The maximum atomic E-state index is 6.21. The molecule has 0 heterocycles. The molecule has 18 heavy (non-hydrogen) atoms. The van der Waals surface area contributed by atoms with Crippen molar-refractivity contribution in [2.75, 3.05) is 5.32 Å². The average Bonchev–Trinajstić information content (AvgIpc) is 2.34. The first-order valence-corrected chi connectivity index (χ1v) is 6.54. The monoisotopic (exact) mass is 259 g/mol. The van der Waals surface area contributed by atoms with E-state index in [-0.39, 0.29) is 6.04 Å². The van der Waals surface area contributed by atoms with Crippen LogP contribution in [0.2, 0.25) is 5.02 Å². The quantitative estimate of drug-likeness (QED) is 0.806. The Morgan fingerprint density at radius 3 is 2.50 bits per heavy atom. The van der Waals surface area contributed by atoms with E-state index >= 15 is 0 Å². The van der Waals surface area contributed by atoms with Crippen LogP contribution in [0.25, 0.3) is 0 Å². The first-order chi connectivity index (χ1) is 8.58. The van der Waals surface area contributed by atoms with Crippen LogP contribution in [0, 0.1) is 13.8 Å². The minimum atomic E-state index is 0.241. The molecule has 0 amide bonds. The Kier molecular flexibility index (Phi) is 3.93. The summed E-state index contributed by atoms with van der Waals surface area (Å²) in [5.74, 6) is 0. The normalized spacial score (nSPS) is 12.2. The summed E-state index contributed by atoms with van der Waals surface area (Å²) >= 11 is 6.21. The van der Waals surface area contributed by atoms with E-state index in [2.05, 4.69) is 56.4 Å². The molecule has 0 aromatic heterocycles. The van der Waals surface area contributed by atoms with Crippen molar-refractivity contribution in [1.29, 1.82) is 0 Å². The van der Waals surface area contributed by atoms with Crippen molar-refractivity contribution < 1.29 is 0 Å². The molecular weight excluding hydrogens is 242 g/mol. The Labute approximate surface area is 114 Å². The standard InChI is InChI=1S/C16H18ClN/c1-11-8-9-15(17)16(10-11)18-13(3)14-7-5-4-6-12(14)2/h4-10,13,18H,1-3H3. The Morgan fingerprint density at radius 2 is 1.78 bits per heavy atom. The predicted molar refractivity (Wildman–Crippen MR) is 79.4 cm³/mol. The highest BCUT2D eigenvalue weighted by atomic mass is 35.5. The first kappa shape index (κ1) is 13.0. The minimum Gasteiger partial charge on any atom is -0.377 e. The van der Waals surface area contributed by atoms with Crippen molar-refractivity contribution >= 4 is 17.3 Å². The highest BCUT2D eigenvalue weighted by molar-refractivity contribution is 6.33. The number of anilines is 1. The van der Waals surface area contributed by atoms with E-state index in [1.165, 1.54) is 16.7 Å². The lowest BCUT2D eigenvalue weighted by atomic mass is 10.0. The number of nitrogens with one attached hydrogen (secondary N) is 1. The molecule has 0 aliphatic heterocycles. The largest absolute Gasteiger partial charge is 0.377 e. The molecule has 0 saturated heterocycles. The fourth-order valence-corrected chi connectivity index (χ4v) is 2.31. The Bertz CT molecular complexity index is 549. The van der Waals surface area contributed by atoms with Gasteiger partial charge < -0.3 is 5.32 Å². The van der Waals surface area contributed by atoms with Gasteiger partial charge in [0.2, 0.25) is 0 Å². The SMILES string of the molecule is Cc1ccc(Cl)c(NC(C)c2ccccc2C)c1. The smallest absolute Gasteiger partial charge is 0.0637 e. The van der Waals surface area contributed by atoms with Crippen molar-refractivity contribution in [3.63, 3.8) is 0 Å². The second kappa shape index (κ2) is 5.45. The van der Waals surface area contributed by atoms with E-state index in [1.54, 1.807) is 0 Å². The van der Waals surface area contributed by atoms with Crippen LogP contribution < -0.4 is 5.32 Å². The molecule has 0 aliphatic carbocycles. The predicted octanol–water partition coefficient (Wildman–Crippen LogP) is 5.13. The second-order valence-corrected chi connectivity index (χ2v) is 5.11. The van der Waals surface area contributed by atoms with Gasteiger partial charge in [-0.15, -0.1) is 0 Å². The fraction of sp³-hybridized carbons (Fsp3) is 0.250. The second-order valence-electron chi connectivity index (χ2n) is 4.71. The average molecular weight is 260 g/mol. The summed E-state index contributed by atoms with van der Waals surface area (Å²) in [6, 6.07) is 14.7. The number of hydrogen-bond acceptors (Lipinski definition) is 1. The summed E-state index contributed by atoms with van der Waals surface area (Å²) in [6.45, 7) is 6.35. The molecule has 1 unspecified atom stereocenters. The fourth-order valence-electron chi connectivity index (χ4n) is 2.13. The maximum absolute atomic E-state index is 6.21. The highest BCUT2D eigenvalue weighted by Crippen LogP contribution is 2.28. The van der Waals surface area contributed by atoms with E-state index in [0.717, 1.165) is 10.7 Å². The number of hydrogen-bond donors (Lipinski definition) is 1. The van der Waals surface area contributed by atoms with Gasteiger partial charge in [0.25, 0.3) is 0 Å². The van der Waals surface area contributed by atoms with Crippen LogP contribution in [0.15, 0.2) is 42.5 Å². The molecule has 1 nitrogen and oxygen atoms in total. The van der Waals surface area contributed by atoms with E-state index < -0.39 is 0 Å². The van der Waals surface area contributed by atoms with Crippen LogP contribution in [0.3, 0.4) is 0 Å². The molecule has 0 radical (unpaired) electrons. The Morgan fingerprint density at radius 1 is 1.06 bits per heavy atom. The first-order valence-electron chi connectivity index (χ1n) is 6.16. The van der Waals surface area contributed by atoms with Gasteiger partial charge in [-0.2, -0.15) is 0 Å². The Hall–Kier alpha value is -1.47. The summed E-state index contributed by atoms with van der Waals surface area (Å²) in [6.07, 6.45) is 0. The van der Waals surface area contributed by atoms with E-state index in [1.807, 2.05) is 12.1 Å². The van der Waals surface area contributed by atoms with Gasteiger partial charge in [-0.25, -0.2) is 0 Å². The molecule has 0 aliphatic rings. The molecule has 94 valence electrons. The summed E-state index contributed by atoms with van der Waals surface area (Å²) in [7, 11) is 0. The number of aryl methyl sites for hydroxylation is 2. The van der Waals surface area contributed by atoms with Crippen LogP contribution >= 0.6 is 11.6 Å². The summed E-state index contributed by atoms with van der Waals surface area (Å²) in [5, 5.41) is 4.24. The number of halogens is 1. The number of benzene rings is 2. The summed E-state index contributed by atoms with van der Waals surface area (Å²) in [5.41, 5.74) is 4.79. The molecule has 0 bridgehead atoms. The van der Waals surface area contributed by atoms with Crippen molar-refractivity contribution in [1.82, 2.24) is 0 Å². The van der Waals surface area contributed by atoms with Gasteiger partial charge in [0.1, 0.15) is 0 Å². The summed E-state index contributed by atoms with van der Waals surface area (Å²) < 4.78 is 0. The molecule has 2 aromatic rings. The molecule has 2 rings (SSSR count). The van der Waals surface area contributed by atoms with E-state index in [9.17, 15) is 0 Å². The van der Waals surface area contributed by atoms with E-state index in [4.69, 9.17) is 11.6 Å². The molecule has 1 atom stereocenters. The molecule has 2 aromatic carbocycles. The lowest BCUT2D eigenvalue weighted by molar-refractivity contribution is 0.874. The number of rotatable bonds is 3. The molecular formula is C16H18ClN. The third-order valence-electron chi connectivity index (χ3n) is 3.15.